The van der Waals surface area contributed by atoms with E-state index in [1.807, 2.05) is 6.92 Å². The van der Waals surface area contributed by atoms with Crippen LogP contribution in [0.5, 0.6) is 5.75 Å². The van der Waals surface area contributed by atoms with Crippen LogP contribution in [0.25, 0.3) is 0 Å². The Morgan fingerprint density at radius 1 is 1.58 bits per heavy atom. The number of carboxylic acids is 1. The van der Waals surface area contributed by atoms with Gasteiger partial charge in [0.05, 0.1) is 11.5 Å². The van der Waals surface area contributed by atoms with Crippen LogP contribution in [0, 0.1) is 10.1 Å². The van der Waals surface area contributed by atoms with Crippen molar-refractivity contribution in [3.8, 4) is 5.75 Å². The second-order valence-electron chi connectivity index (χ2n) is 3.96. The number of nitrogens with one attached hydrogen (secondary N) is 1. The molecule has 0 fully saturated rings. The number of nitro groups is 1. The van der Waals surface area contributed by atoms with E-state index in [2.05, 4.69) is 5.32 Å². The summed E-state index contributed by atoms with van der Waals surface area (Å²) in [5.74, 6) is -0.955. The van der Waals surface area contributed by atoms with Crippen LogP contribution in [0.3, 0.4) is 0 Å². The van der Waals surface area contributed by atoms with Crippen molar-refractivity contribution < 1.29 is 19.6 Å². The predicted molar refractivity (Wildman–Crippen MR) is 69.6 cm³/mol. The highest BCUT2D eigenvalue weighted by Gasteiger charge is 2.23. The van der Waals surface area contributed by atoms with Gasteiger partial charge in [-0.1, -0.05) is 13.0 Å². The quantitative estimate of drug-likeness (QED) is 0.581. The summed E-state index contributed by atoms with van der Waals surface area (Å²) >= 11 is 0. The van der Waals surface area contributed by atoms with Crippen molar-refractivity contribution in [3.63, 3.8) is 0 Å². The van der Waals surface area contributed by atoms with Crippen molar-refractivity contribution >= 4 is 17.3 Å². The van der Waals surface area contributed by atoms with Crippen LogP contribution >= 0.6 is 0 Å². The van der Waals surface area contributed by atoms with Gasteiger partial charge in [-0.25, -0.2) is 0 Å². The molecule has 7 nitrogen and oxygen atoms in total. The maximum absolute atomic E-state index is 11.1. The van der Waals surface area contributed by atoms with Gasteiger partial charge in [0, 0.05) is 0 Å². The Morgan fingerprint density at radius 2 is 2.26 bits per heavy atom. The van der Waals surface area contributed by atoms with Crippen molar-refractivity contribution in [2.45, 2.75) is 26.3 Å². The van der Waals surface area contributed by atoms with E-state index in [0.29, 0.717) is 6.61 Å². The first-order valence-corrected chi connectivity index (χ1v) is 5.87. The van der Waals surface area contributed by atoms with E-state index in [9.17, 15) is 14.9 Å². The molecule has 1 rings (SSSR count). The van der Waals surface area contributed by atoms with E-state index >= 15 is 0 Å². The number of para-hydroxylation sites is 1. The van der Waals surface area contributed by atoms with Gasteiger partial charge in [-0.2, -0.15) is 0 Å². The molecule has 0 aliphatic carbocycles. The van der Waals surface area contributed by atoms with Crippen LogP contribution in [0.15, 0.2) is 18.2 Å². The van der Waals surface area contributed by atoms with Gasteiger partial charge in [0.2, 0.25) is 0 Å². The van der Waals surface area contributed by atoms with Crippen LogP contribution in [0.2, 0.25) is 0 Å². The van der Waals surface area contributed by atoms with E-state index in [1.165, 1.54) is 19.1 Å². The molecule has 0 spiro atoms. The summed E-state index contributed by atoms with van der Waals surface area (Å²) in [7, 11) is 0. The first-order valence-electron chi connectivity index (χ1n) is 5.87. The Balaban J connectivity index is 3.09. The van der Waals surface area contributed by atoms with Gasteiger partial charge in [-0.3, -0.25) is 14.9 Å². The molecule has 2 N–H and O–H groups in total. The monoisotopic (exact) mass is 268 g/mol. The number of nitro benzene ring substituents is 1. The zero-order valence-electron chi connectivity index (χ0n) is 10.8. The highest BCUT2D eigenvalue weighted by Crippen LogP contribution is 2.35. The van der Waals surface area contributed by atoms with Crippen molar-refractivity contribution in [1.29, 1.82) is 0 Å². The van der Waals surface area contributed by atoms with E-state index < -0.39 is 16.9 Å². The average Bonchev–Trinajstić information content (AvgIpc) is 2.35. The molecule has 1 aromatic rings. The van der Waals surface area contributed by atoms with Crippen LogP contribution < -0.4 is 10.1 Å². The molecule has 0 radical (unpaired) electrons. The molecule has 104 valence electrons. The van der Waals surface area contributed by atoms with E-state index in [4.69, 9.17) is 9.84 Å². The fourth-order valence-electron chi connectivity index (χ4n) is 1.45. The highest BCUT2D eigenvalue weighted by molar-refractivity contribution is 5.79. The number of aliphatic carboxylic acids is 1. The fraction of sp³-hybridized carbons (Fsp3) is 0.417. The van der Waals surface area contributed by atoms with Gasteiger partial charge in [0.1, 0.15) is 11.7 Å². The highest BCUT2D eigenvalue weighted by atomic mass is 16.6. The normalized spacial score (nSPS) is 11.7. The number of anilines is 1. The van der Waals surface area contributed by atoms with Gasteiger partial charge < -0.3 is 15.2 Å². The third-order valence-corrected chi connectivity index (χ3v) is 2.39. The van der Waals surface area contributed by atoms with E-state index in [0.717, 1.165) is 6.42 Å². The summed E-state index contributed by atoms with van der Waals surface area (Å²) in [5, 5.41) is 22.5. The van der Waals surface area contributed by atoms with Gasteiger partial charge in [-0.15, -0.1) is 0 Å². The molecule has 0 heterocycles. The van der Waals surface area contributed by atoms with Gasteiger partial charge >= 0.3 is 11.7 Å². The number of hydrogen-bond acceptors (Lipinski definition) is 5. The predicted octanol–water partition coefficient (Wildman–Crippen LogP) is 2.27. The largest absolute Gasteiger partial charge is 0.487 e. The summed E-state index contributed by atoms with van der Waals surface area (Å²) in [4.78, 5) is 21.3. The smallest absolute Gasteiger partial charge is 0.333 e. The van der Waals surface area contributed by atoms with Crippen LogP contribution in [0.1, 0.15) is 20.3 Å². The zero-order valence-corrected chi connectivity index (χ0v) is 10.8. The standard InChI is InChI=1S/C12H16N2O5/c1-3-7-19-10-6-4-5-9(11(10)14(17)18)13-8(2)12(15)16/h4-6,8,13H,3,7H2,1-2H3,(H,15,16). The van der Waals surface area contributed by atoms with Crippen molar-refractivity contribution in [3.05, 3.63) is 28.3 Å². The Kier molecular flexibility index (Phi) is 5.11. The lowest BCUT2D eigenvalue weighted by molar-refractivity contribution is -0.385. The lowest BCUT2D eigenvalue weighted by Crippen LogP contribution is -2.25. The Hall–Kier alpha value is -2.31. The maximum atomic E-state index is 11.1. The summed E-state index contributed by atoms with van der Waals surface area (Å²) in [6, 6.07) is 3.59. The molecule has 1 atom stereocenters. The second kappa shape index (κ2) is 6.58. The number of carbonyl (C=O) groups is 1. The SMILES string of the molecule is CCCOc1cccc(NC(C)C(=O)O)c1[N+](=O)[O-]. The van der Waals surface area contributed by atoms with Gasteiger partial charge in [0.15, 0.2) is 5.75 Å². The Labute approximate surface area is 110 Å². The number of nitrogens with zero attached hydrogens (tertiary/aromatic N) is 1. The molecule has 19 heavy (non-hydrogen) atoms. The first kappa shape index (κ1) is 14.7. The second-order valence-corrected chi connectivity index (χ2v) is 3.96. The Morgan fingerprint density at radius 3 is 2.79 bits per heavy atom. The summed E-state index contributed by atoms with van der Waals surface area (Å²) in [6.45, 7) is 3.66. The first-order chi connectivity index (χ1) is 8.97. The molecular weight excluding hydrogens is 252 g/mol. The molecular formula is C12H16N2O5. The number of carboxylic acid groups (broad SMARTS) is 1. The summed E-state index contributed by atoms with van der Waals surface area (Å²) in [6.07, 6.45) is 0.723. The number of hydrogen-bond donors (Lipinski definition) is 2. The lowest BCUT2D eigenvalue weighted by atomic mass is 10.2. The molecule has 0 bridgehead atoms. The fourth-order valence-corrected chi connectivity index (χ4v) is 1.45. The molecule has 0 amide bonds. The minimum Gasteiger partial charge on any atom is -0.487 e. The van der Waals surface area contributed by atoms with Gasteiger partial charge in [-0.05, 0) is 25.5 Å². The molecule has 0 saturated carbocycles. The average molecular weight is 268 g/mol. The molecule has 0 aromatic heterocycles. The third-order valence-electron chi connectivity index (χ3n) is 2.39. The molecule has 0 saturated heterocycles. The molecule has 0 aliphatic rings. The van der Waals surface area contributed by atoms with Crippen LogP contribution in [-0.4, -0.2) is 28.6 Å². The number of ether oxygens (including phenoxy) is 1. The van der Waals surface area contributed by atoms with E-state index in [1.54, 1.807) is 6.07 Å². The summed E-state index contributed by atoms with van der Waals surface area (Å²) < 4.78 is 5.30. The zero-order chi connectivity index (χ0) is 14.4. The minimum absolute atomic E-state index is 0.133. The molecule has 7 heteroatoms. The third kappa shape index (κ3) is 3.84. The number of benzene rings is 1. The lowest BCUT2D eigenvalue weighted by Gasteiger charge is -2.13. The molecule has 1 unspecified atom stereocenters. The van der Waals surface area contributed by atoms with E-state index in [-0.39, 0.29) is 17.1 Å². The minimum atomic E-state index is -1.09. The van der Waals surface area contributed by atoms with Crippen LogP contribution in [-0.2, 0) is 4.79 Å². The van der Waals surface area contributed by atoms with Crippen molar-refractivity contribution in [2.24, 2.45) is 0 Å². The van der Waals surface area contributed by atoms with Crippen LogP contribution in [0.4, 0.5) is 11.4 Å². The van der Waals surface area contributed by atoms with Crippen molar-refractivity contribution in [1.82, 2.24) is 0 Å². The maximum Gasteiger partial charge on any atom is 0.333 e. The summed E-state index contributed by atoms with van der Waals surface area (Å²) in [5.41, 5.74) is -0.113. The topological polar surface area (TPSA) is 102 Å². The van der Waals surface area contributed by atoms with Gasteiger partial charge in [0.25, 0.3) is 0 Å². The molecule has 1 aromatic carbocycles. The Bertz CT molecular complexity index is 475. The molecule has 0 aliphatic heterocycles. The van der Waals surface area contributed by atoms with Crippen molar-refractivity contribution in [2.75, 3.05) is 11.9 Å². The number of rotatable bonds is 7.